The third-order valence-corrected chi connectivity index (χ3v) is 0. The zero-order chi connectivity index (χ0) is 0. The van der Waals surface area contributed by atoms with Gasteiger partial charge in [-0.25, -0.2) is 0 Å². The Morgan fingerprint density at radius 2 is 0.294 bits per heavy atom. The normalized spacial score (nSPS) is 0. The molecule has 0 rings (SSSR count). The van der Waals surface area contributed by atoms with Gasteiger partial charge in [-0.1, -0.05) is 0 Å². The van der Waals surface area contributed by atoms with E-state index < -0.39 is 0 Å². The van der Waals surface area contributed by atoms with E-state index in [0.29, 0.717) is 0 Å². The minimum atomic E-state index is 0. The third-order valence-electron chi connectivity index (χ3n) is 0. The predicted octanol–water partition coefficient (Wildman–Crippen LogP) is -1.08. The van der Waals surface area contributed by atoms with E-state index in [4.69, 9.17) is 0 Å². The maximum absolute atomic E-state index is 0. The molecule has 0 heterocycles. The Labute approximate surface area is 217 Å². The first kappa shape index (κ1) is 381. The summed E-state index contributed by atoms with van der Waals surface area (Å²) in [7, 11) is 0. The molecular weight excluding hydrogens is 784 g/mol. The summed E-state index contributed by atoms with van der Waals surface area (Å²) in [6.45, 7) is 0. The van der Waals surface area contributed by atoms with Crippen molar-refractivity contribution in [3.63, 3.8) is 0 Å². The Morgan fingerprint density at radius 3 is 0.294 bits per heavy atom. The first-order valence-electron chi connectivity index (χ1n) is 0. The van der Waals surface area contributed by atoms with Crippen molar-refractivity contribution >= 4 is 0 Å². The van der Waals surface area contributed by atoms with E-state index in [0.717, 1.165) is 0 Å². The van der Waals surface area contributed by atoms with Crippen molar-refractivity contribution < 1.29 is 221 Å². The Balaban J connectivity index is 0. The number of hydrogen-bond donors (Lipinski definition) is 0. The molecular formula is Co2Cu2La2Ni2O9. The molecule has 0 fully saturated rings. The summed E-state index contributed by atoms with van der Waals surface area (Å²) in [4.78, 5) is 0. The number of rotatable bonds is 0. The van der Waals surface area contributed by atoms with Gasteiger partial charge in [0.1, 0.15) is 0 Å². The first-order valence-corrected chi connectivity index (χ1v) is 0. The van der Waals surface area contributed by atoms with Crippen LogP contribution in [-0.4, -0.2) is 0 Å². The van der Waals surface area contributed by atoms with Crippen molar-refractivity contribution in [1.82, 2.24) is 0 Å². The summed E-state index contributed by atoms with van der Waals surface area (Å²) in [6.07, 6.45) is 0. The van der Waals surface area contributed by atoms with E-state index in [1.807, 2.05) is 0 Å². The van der Waals surface area contributed by atoms with Gasteiger partial charge in [0.25, 0.3) is 0 Å². The fourth-order valence-corrected chi connectivity index (χ4v) is 0. The monoisotopic (exact) mass is 781 g/mol. The van der Waals surface area contributed by atoms with Gasteiger partial charge in [0.05, 0.1) is 0 Å². The molecule has 0 saturated carbocycles. The van der Waals surface area contributed by atoms with Crippen LogP contribution in [0.5, 0.6) is 0 Å². The van der Waals surface area contributed by atoms with Crippen LogP contribution in [0.4, 0.5) is 0 Å². The molecule has 0 saturated heterocycles. The van der Waals surface area contributed by atoms with Gasteiger partial charge in [0.15, 0.2) is 0 Å². The van der Waals surface area contributed by atoms with Crippen LogP contribution in [0.25, 0.3) is 0 Å². The van der Waals surface area contributed by atoms with Crippen molar-refractivity contribution in [2.45, 2.75) is 0 Å². The maximum atomic E-state index is 0. The Kier molecular flexibility index (Phi) is 7410. The van der Waals surface area contributed by atoms with Crippen molar-refractivity contribution in [3.8, 4) is 0 Å². The molecule has 0 N–H and O–H groups in total. The van der Waals surface area contributed by atoms with Crippen LogP contribution in [0, 0.1) is 71.2 Å². The largest absolute Gasteiger partial charge is 3.00 e. The third kappa shape index (κ3) is 298. The van der Waals surface area contributed by atoms with Gasteiger partial charge in [-0.05, 0) is 0 Å². The molecule has 9 nitrogen and oxygen atoms in total. The molecule has 17 heteroatoms. The Morgan fingerprint density at radius 1 is 0.294 bits per heavy atom. The minimum Gasteiger partial charge on any atom is -2.00 e. The molecule has 0 bridgehead atoms. The second kappa shape index (κ2) is 330. The smallest absolute Gasteiger partial charge is 2.00 e. The fourth-order valence-electron chi connectivity index (χ4n) is 0. The molecule has 17 heavy (non-hydrogen) atoms. The van der Waals surface area contributed by atoms with Crippen molar-refractivity contribution in [2.75, 3.05) is 0 Å². The van der Waals surface area contributed by atoms with Crippen LogP contribution in [0.2, 0.25) is 0 Å². The van der Waals surface area contributed by atoms with Gasteiger partial charge in [-0.15, -0.1) is 0 Å². The summed E-state index contributed by atoms with van der Waals surface area (Å²) < 4.78 is 0. The summed E-state index contributed by atoms with van der Waals surface area (Å²) in [5, 5.41) is 0. The van der Waals surface area contributed by atoms with Crippen LogP contribution in [-0.2, 0) is 150 Å². The molecule has 0 aliphatic rings. The van der Waals surface area contributed by atoms with Gasteiger partial charge in [0, 0.05) is 0 Å². The second-order valence-corrected chi connectivity index (χ2v) is 0. The molecule has 4 radical (unpaired) electrons. The zero-order valence-corrected chi connectivity index (χ0v) is 19.9. The standard InChI is InChI=1S/2Co.2Cu.2La.2Ni.9O/q4*+2;2*+3;2*+2;9*-2. The molecule has 0 spiro atoms. The van der Waals surface area contributed by atoms with Crippen LogP contribution >= 0.6 is 0 Å². The summed E-state index contributed by atoms with van der Waals surface area (Å²) in [5.74, 6) is 0. The molecule has 0 aliphatic carbocycles. The first-order chi connectivity index (χ1) is 0. The van der Waals surface area contributed by atoms with Crippen molar-refractivity contribution in [2.24, 2.45) is 0 Å². The van der Waals surface area contributed by atoms with Crippen molar-refractivity contribution in [3.05, 3.63) is 0 Å². The Hall–Kier alpha value is 5.07. The van der Waals surface area contributed by atoms with E-state index in [2.05, 4.69) is 0 Å². The average Bonchev–Trinajstić information content (AvgIpc) is 0. The molecule has 0 amide bonds. The van der Waals surface area contributed by atoms with E-state index in [9.17, 15) is 0 Å². The van der Waals surface area contributed by atoms with Gasteiger partial charge < -0.3 is 49.3 Å². The second-order valence-electron chi connectivity index (χ2n) is 0. The maximum Gasteiger partial charge on any atom is 3.00 e. The molecule has 0 unspecified atom stereocenters. The average molecular weight is 784 g/mol. The summed E-state index contributed by atoms with van der Waals surface area (Å²) in [5.41, 5.74) is 0. The fraction of sp³-hybridized carbons (Fsp3) is 0. The van der Waals surface area contributed by atoms with Gasteiger partial charge >= 0.3 is 172 Å². The quantitative estimate of drug-likeness (QED) is 0.266. The minimum absolute atomic E-state index is 0. The number of hydrogen-bond acceptors (Lipinski definition) is 0. The molecule has 0 aromatic carbocycles. The topological polar surface area (TPSA) is 256 Å². The van der Waals surface area contributed by atoms with Gasteiger partial charge in [-0.2, -0.15) is 0 Å². The van der Waals surface area contributed by atoms with Crippen LogP contribution in [0.15, 0.2) is 0 Å². The van der Waals surface area contributed by atoms with E-state index in [1.165, 1.54) is 0 Å². The van der Waals surface area contributed by atoms with Crippen LogP contribution < -0.4 is 0 Å². The zero-order valence-electron chi connectivity index (χ0n) is 6.73. The van der Waals surface area contributed by atoms with Crippen molar-refractivity contribution in [1.29, 1.82) is 0 Å². The SMILES string of the molecule is [Co+2].[Co+2].[Cu+2].[Cu+2].[La+3].[La+3].[Ni+2].[Ni+2].[O-2].[O-2].[O-2].[O-2].[O-2].[O-2].[O-2].[O-2].[O-2]. The molecule has 0 atom stereocenters. The summed E-state index contributed by atoms with van der Waals surface area (Å²) in [6, 6.07) is 0. The Bertz CT molecular complexity index is 33.0. The molecule has 120 valence electrons. The molecule has 0 aromatic rings. The van der Waals surface area contributed by atoms with E-state index in [1.54, 1.807) is 0 Å². The van der Waals surface area contributed by atoms with E-state index >= 15 is 0 Å². The summed E-state index contributed by atoms with van der Waals surface area (Å²) >= 11 is 0. The van der Waals surface area contributed by atoms with E-state index in [-0.39, 0.29) is 221 Å². The predicted molar refractivity (Wildman–Crippen MR) is 6.18 cm³/mol. The van der Waals surface area contributed by atoms with Gasteiger partial charge in [0.2, 0.25) is 0 Å². The molecule has 0 aliphatic heterocycles. The van der Waals surface area contributed by atoms with Crippen LogP contribution in [0.1, 0.15) is 0 Å². The molecule has 0 aromatic heterocycles. The van der Waals surface area contributed by atoms with Crippen LogP contribution in [0.3, 0.4) is 0 Å². The van der Waals surface area contributed by atoms with Gasteiger partial charge in [-0.3, -0.25) is 0 Å².